The van der Waals surface area contributed by atoms with Crippen LogP contribution in [0.25, 0.3) is 0 Å². The normalized spacial score (nSPS) is 16.8. The fourth-order valence-electron chi connectivity index (χ4n) is 2.10. The number of esters is 1. The monoisotopic (exact) mass is 269 g/mol. The maximum Gasteiger partial charge on any atom is 0.329 e. The zero-order valence-corrected chi connectivity index (χ0v) is 11.8. The SMILES string of the molecule is CCCCOC(=O)C(CCCC)N1C(=O)CCC1=O. The standard InChI is InChI=1S/C14H23NO4/c1-3-5-7-11(14(18)19-10-6-4-2)15-12(16)8-9-13(15)17/h11H,3-10H2,1-2H3. The van der Waals surface area contributed by atoms with Gasteiger partial charge in [0.05, 0.1) is 6.61 Å². The van der Waals surface area contributed by atoms with Crippen molar-refractivity contribution in [3.8, 4) is 0 Å². The molecular formula is C14H23NO4. The summed E-state index contributed by atoms with van der Waals surface area (Å²) in [6.45, 7) is 4.37. The number of nitrogens with zero attached hydrogens (tertiary/aromatic N) is 1. The quantitative estimate of drug-likeness (QED) is 0.384. The minimum atomic E-state index is -0.723. The number of imide groups is 1. The zero-order valence-electron chi connectivity index (χ0n) is 11.8. The number of amides is 2. The second-order valence-corrected chi connectivity index (χ2v) is 4.84. The highest BCUT2D eigenvalue weighted by molar-refractivity contribution is 6.05. The highest BCUT2D eigenvalue weighted by atomic mass is 16.5. The molecule has 0 bridgehead atoms. The Balaban J connectivity index is 2.67. The lowest BCUT2D eigenvalue weighted by molar-refractivity contribution is -0.158. The topological polar surface area (TPSA) is 63.7 Å². The Morgan fingerprint density at radius 2 is 1.74 bits per heavy atom. The molecule has 1 aliphatic rings. The molecule has 0 aromatic carbocycles. The van der Waals surface area contributed by atoms with Crippen molar-refractivity contribution < 1.29 is 19.1 Å². The predicted molar refractivity (Wildman–Crippen MR) is 70.3 cm³/mol. The molecule has 1 saturated heterocycles. The predicted octanol–water partition coefficient (Wildman–Crippen LogP) is 2.04. The van der Waals surface area contributed by atoms with E-state index in [-0.39, 0.29) is 24.7 Å². The molecule has 0 spiro atoms. The average Bonchev–Trinajstić information content (AvgIpc) is 2.71. The van der Waals surface area contributed by atoms with E-state index in [1.54, 1.807) is 0 Å². The highest BCUT2D eigenvalue weighted by Gasteiger charge is 2.39. The van der Waals surface area contributed by atoms with Gasteiger partial charge in [-0.05, 0) is 12.8 Å². The Morgan fingerprint density at radius 1 is 1.16 bits per heavy atom. The van der Waals surface area contributed by atoms with E-state index in [0.29, 0.717) is 13.0 Å². The van der Waals surface area contributed by atoms with Crippen LogP contribution in [0.1, 0.15) is 58.8 Å². The Kier molecular flexibility index (Phi) is 6.53. The van der Waals surface area contributed by atoms with Crippen LogP contribution in [0.4, 0.5) is 0 Å². The van der Waals surface area contributed by atoms with Gasteiger partial charge in [0.15, 0.2) is 0 Å². The summed E-state index contributed by atoms with van der Waals surface area (Å²) in [5.41, 5.74) is 0. The van der Waals surface area contributed by atoms with Gasteiger partial charge in [-0.3, -0.25) is 14.5 Å². The summed E-state index contributed by atoms with van der Waals surface area (Å²) in [6.07, 6.45) is 4.37. The summed E-state index contributed by atoms with van der Waals surface area (Å²) in [5.74, 6) is -0.942. The van der Waals surface area contributed by atoms with Gasteiger partial charge in [-0.2, -0.15) is 0 Å². The van der Waals surface area contributed by atoms with Crippen molar-refractivity contribution >= 4 is 17.8 Å². The molecule has 0 saturated carbocycles. The van der Waals surface area contributed by atoms with Gasteiger partial charge in [-0.25, -0.2) is 4.79 Å². The van der Waals surface area contributed by atoms with Gasteiger partial charge in [-0.15, -0.1) is 0 Å². The van der Waals surface area contributed by atoms with Crippen LogP contribution in [0, 0.1) is 0 Å². The lowest BCUT2D eigenvalue weighted by Crippen LogP contribution is -2.45. The van der Waals surface area contributed by atoms with Crippen LogP contribution in [-0.2, 0) is 19.1 Å². The molecule has 1 rings (SSSR count). The molecule has 0 aliphatic carbocycles. The van der Waals surface area contributed by atoms with E-state index in [1.807, 2.05) is 13.8 Å². The summed E-state index contributed by atoms with van der Waals surface area (Å²) in [6, 6.07) is -0.723. The number of hydrogen-bond acceptors (Lipinski definition) is 4. The summed E-state index contributed by atoms with van der Waals surface area (Å²) >= 11 is 0. The van der Waals surface area contributed by atoms with Crippen molar-refractivity contribution in [2.24, 2.45) is 0 Å². The molecule has 2 amide bonds. The van der Waals surface area contributed by atoms with Gasteiger partial charge in [0.1, 0.15) is 6.04 Å². The van der Waals surface area contributed by atoms with Crippen molar-refractivity contribution in [3.05, 3.63) is 0 Å². The van der Waals surface area contributed by atoms with Crippen LogP contribution in [0.3, 0.4) is 0 Å². The molecule has 0 N–H and O–H groups in total. The van der Waals surface area contributed by atoms with E-state index in [1.165, 1.54) is 0 Å². The van der Waals surface area contributed by atoms with Gasteiger partial charge in [0.25, 0.3) is 0 Å². The average molecular weight is 269 g/mol. The molecule has 5 heteroatoms. The molecule has 108 valence electrons. The first kappa shape index (κ1) is 15.7. The first-order chi connectivity index (χ1) is 9.11. The number of ether oxygens (including phenoxy) is 1. The van der Waals surface area contributed by atoms with E-state index in [4.69, 9.17) is 4.74 Å². The molecule has 0 aromatic rings. The minimum Gasteiger partial charge on any atom is -0.464 e. The van der Waals surface area contributed by atoms with E-state index < -0.39 is 12.0 Å². The van der Waals surface area contributed by atoms with Gasteiger partial charge >= 0.3 is 5.97 Å². The zero-order chi connectivity index (χ0) is 14.3. The van der Waals surface area contributed by atoms with Crippen LogP contribution in [0.2, 0.25) is 0 Å². The summed E-state index contributed by atoms with van der Waals surface area (Å²) in [5, 5.41) is 0. The molecule has 1 fully saturated rings. The largest absolute Gasteiger partial charge is 0.464 e. The molecule has 0 radical (unpaired) electrons. The molecule has 5 nitrogen and oxygen atoms in total. The fraction of sp³-hybridized carbons (Fsp3) is 0.786. The number of carbonyl (C=O) groups excluding carboxylic acids is 3. The minimum absolute atomic E-state index is 0.212. The van der Waals surface area contributed by atoms with Crippen molar-refractivity contribution in [1.29, 1.82) is 0 Å². The lowest BCUT2D eigenvalue weighted by atomic mass is 10.1. The van der Waals surface area contributed by atoms with Crippen LogP contribution in [-0.4, -0.2) is 35.3 Å². The highest BCUT2D eigenvalue weighted by Crippen LogP contribution is 2.20. The van der Waals surface area contributed by atoms with Gasteiger partial charge in [0.2, 0.25) is 11.8 Å². The van der Waals surface area contributed by atoms with Crippen molar-refractivity contribution in [2.75, 3.05) is 6.61 Å². The number of carbonyl (C=O) groups is 3. The number of unbranched alkanes of at least 4 members (excludes halogenated alkanes) is 2. The van der Waals surface area contributed by atoms with Crippen LogP contribution in [0.15, 0.2) is 0 Å². The van der Waals surface area contributed by atoms with E-state index in [2.05, 4.69) is 0 Å². The van der Waals surface area contributed by atoms with Gasteiger partial charge in [-0.1, -0.05) is 33.1 Å². The van der Waals surface area contributed by atoms with E-state index in [9.17, 15) is 14.4 Å². The Bertz CT molecular complexity index is 324. The van der Waals surface area contributed by atoms with E-state index in [0.717, 1.165) is 30.6 Å². The fourth-order valence-corrected chi connectivity index (χ4v) is 2.10. The smallest absolute Gasteiger partial charge is 0.329 e. The van der Waals surface area contributed by atoms with Crippen LogP contribution >= 0.6 is 0 Å². The second-order valence-electron chi connectivity index (χ2n) is 4.84. The molecular weight excluding hydrogens is 246 g/mol. The van der Waals surface area contributed by atoms with Gasteiger partial charge < -0.3 is 4.74 Å². The summed E-state index contributed by atoms with van der Waals surface area (Å²) in [4.78, 5) is 36.6. The van der Waals surface area contributed by atoms with Gasteiger partial charge in [0, 0.05) is 12.8 Å². The molecule has 1 aliphatic heterocycles. The molecule has 1 heterocycles. The lowest BCUT2D eigenvalue weighted by Gasteiger charge is -2.24. The third-order valence-corrected chi connectivity index (χ3v) is 3.25. The molecule has 1 unspecified atom stereocenters. The first-order valence-corrected chi connectivity index (χ1v) is 7.13. The second kappa shape index (κ2) is 7.92. The summed E-state index contributed by atoms with van der Waals surface area (Å²) in [7, 11) is 0. The molecule has 1 atom stereocenters. The van der Waals surface area contributed by atoms with Crippen molar-refractivity contribution in [1.82, 2.24) is 4.90 Å². The van der Waals surface area contributed by atoms with Crippen molar-refractivity contribution in [3.63, 3.8) is 0 Å². The third kappa shape index (κ3) is 4.33. The maximum absolute atomic E-state index is 12.0. The first-order valence-electron chi connectivity index (χ1n) is 7.13. The van der Waals surface area contributed by atoms with E-state index >= 15 is 0 Å². The number of rotatable bonds is 8. The Hall–Kier alpha value is -1.39. The Morgan fingerprint density at radius 3 is 2.26 bits per heavy atom. The Labute approximate surface area is 114 Å². The number of hydrogen-bond donors (Lipinski definition) is 0. The van der Waals surface area contributed by atoms with Crippen molar-refractivity contribution in [2.45, 2.75) is 64.8 Å². The molecule has 0 aromatic heterocycles. The summed E-state index contributed by atoms with van der Waals surface area (Å²) < 4.78 is 5.17. The third-order valence-electron chi connectivity index (χ3n) is 3.25. The molecule has 19 heavy (non-hydrogen) atoms. The number of likely N-dealkylation sites (tertiary alicyclic amines) is 1. The van der Waals surface area contributed by atoms with Crippen LogP contribution < -0.4 is 0 Å². The maximum atomic E-state index is 12.0. The van der Waals surface area contributed by atoms with Crippen LogP contribution in [0.5, 0.6) is 0 Å².